The molecule has 1 amide bonds. The Morgan fingerprint density at radius 2 is 1.32 bits per heavy atom. The van der Waals surface area contributed by atoms with Crippen molar-refractivity contribution >= 4 is 5.91 Å². The van der Waals surface area contributed by atoms with Crippen molar-refractivity contribution in [1.29, 1.82) is 0 Å². The summed E-state index contributed by atoms with van der Waals surface area (Å²) in [4.78, 5) is 11.6. The summed E-state index contributed by atoms with van der Waals surface area (Å²) in [6, 6.07) is 0. The van der Waals surface area contributed by atoms with Crippen molar-refractivity contribution in [3.63, 3.8) is 0 Å². The maximum absolute atomic E-state index is 11.6. The van der Waals surface area contributed by atoms with Crippen LogP contribution in [0.4, 0.5) is 0 Å². The smallest absolute Gasteiger partial charge is 0.245 e. The molecule has 28 heavy (non-hydrogen) atoms. The van der Waals surface area contributed by atoms with E-state index in [2.05, 4.69) is 33.0 Å². The molecule has 0 saturated carbocycles. The number of carbonyl (C=O) groups is 1. The fourth-order valence-corrected chi connectivity index (χ4v) is 2.78. The summed E-state index contributed by atoms with van der Waals surface area (Å²) in [5, 5.41) is 2.89. The summed E-state index contributed by atoms with van der Waals surface area (Å²) < 4.78 is 21.7. The third-order valence-corrected chi connectivity index (χ3v) is 4.40. The van der Waals surface area contributed by atoms with E-state index in [0.717, 1.165) is 44.2 Å². The first-order valence-corrected chi connectivity index (χ1v) is 11.1. The highest BCUT2D eigenvalue weighted by Crippen LogP contribution is 2.11. The Balaban J connectivity index is 3.19. The molecule has 0 heterocycles. The Morgan fingerprint density at radius 1 is 0.750 bits per heavy atom. The molecule has 0 aromatic carbocycles. The molecule has 0 fully saturated rings. The average Bonchev–Trinajstić information content (AvgIpc) is 2.65. The van der Waals surface area contributed by atoms with E-state index in [4.69, 9.17) is 18.9 Å². The lowest BCUT2D eigenvalue weighted by atomic mass is 10.0. The lowest BCUT2D eigenvalue weighted by molar-refractivity contribution is -0.126. The summed E-state index contributed by atoms with van der Waals surface area (Å²) in [6.07, 6.45) is 6.98. The average molecular weight is 404 g/mol. The van der Waals surface area contributed by atoms with Gasteiger partial charge in [-0.3, -0.25) is 4.79 Å². The predicted octanol–water partition coefficient (Wildman–Crippen LogP) is 3.82. The van der Waals surface area contributed by atoms with Crippen LogP contribution in [0.2, 0.25) is 0 Å². The monoisotopic (exact) mass is 403 g/mol. The van der Waals surface area contributed by atoms with E-state index < -0.39 is 0 Å². The lowest BCUT2D eigenvalue weighted by Gasteiger charge is -2.10. The third kappa shape index (κ3) is 21.6. The SMILES string of the molecule is CCCC(C)CCCNC(=O)COCCOCCOCCOCCCC(C)C. The van der Waals surface area contributed by atoms with Crippen molar-refractivity contribution in [2.24, 2.45) is 11.8 Å². The van der Waals surface area contributed by atoms with Gasteiger partial charge in [0, 0.05) is 13.2 Å². The molecule has 168 valence electrons. The molecular formula is C22H45NO5. The van der Waals surface area contributed by atoms with Crippen molar-refractivity contribution < 1.29 is 23.7 Å². The van der Waals surface area contributed by atoms with Gasteiger partial charge in [0.05, 0.1) is 39.6 Å². The van der Waals surface area contributed by atoms with Crippen LogP contribution in [0.3, 0.4) is 0 Å². The molecule has 0 aliphatic rings. The molecule has 1 atom stereocenters. The number of nitrogens with one attached hydrogen (secondary N) is 1. The molecule has 0 aliphatic heterocycles. The number of hydrogen-bond donors (Lipinski definition) is 1. The van der Waals surface area contributed by atoms with Crippen molar-refractivity contribution in [2.45, 2.75) is 66.2 Å². The number of hydrogen-bond acceptors (Lipinski definition) is 5. The molecule has 0 spiro atoms. The summed E-state index contributed by atoms with van der Waals surface area (Å²) in [5.74, 6) is 1.42. The molecular weight excluding hydrogens is 358 g/mol. The molecule has 0 aromatic rings. The van der Waals surface area contributed by atoms with E-state index in [1.807, 2.05) is 0 Å². The third-order valence-electron chi connectivity index (χ3n) is 4.40. The minimum atomic E-state index is -0.0557. The van der Waals surface area contributed by atoms with Gasteiger partial charge in [0.25, 0.3) is 0 Å². The minimum Gasteiger partial charge on any atom is -0.379 e. The topological polar surface area (TPSA) is 66.0 Å². The van der Waals surface area contributed by atoms with Crippen LogP contribution in [-0.2, 0) is 23.7 Å². The zero-order valence-corrected chi connectivity index (χ0v) is 18.8. The highest BCUT2D eigenvalue weighted by molar-refractivity contribution is 5.77. The maximum atomic E-state index is 11.6. The second kappa shape index (κ2) is 21.0. The van der Waals surface area contributed by atoms with E-state index in [-0.39, 0.29) is 12.5 Å². The lowest BCUT2D eigenvalue weighted by Crippen LogP contribution is -2.29. The van der Waals surface area contributed by atoms with Gasteiger partial charge in [0.1, 0.15) is 6.61 Å². The van der Waals surface area contributed by atoms with Crippen molar-refractivity contribution in [3.05, 3.63) is 0 Å². The van der Waals surface area contributed by atoms with Gasteiger partial charge in [-0.15, -0.1) is 0 Å². The van der Waals surface area contributed by atoms with E-state index >= 15 is 0 Å². The van der Waals surface area contributed by atoms with Gasteiger partial charge in [-0.2, -0.15) is 0 Å². The first-order valence-electron chi connectivity index (χ1n) is 11.1. The fourth-order valence-electron chi connectivity index (χ4n) is 2.78. The highest BCUT2D eigenvalue weighted by Gasteiger charge is 2.03. The van der Waals surface area contributed by atoms with Crippen molar-refractivity contribution in [1.82, 2.24) is 5.32 Å². The Hall–Kier alpha value is -0.690. The molecule has 0 bridgehead atoms. The van der Waals surface area contributed by atoms with E-state index in [1.54, 1.807) is 0 Å². The van der Waals surface area contributed by atoms with Crippen LogP contribution >= 0.6 is 0 Å². The number of amides is 1. The van der Waals surface area contributed by atoms with E-state index in [9.17, 15) is 4.79 Å². The summed E-state index contributed by atoms with van der Waals surface area (Å²) in [5.41, 5.74) is 0. The molecule has 1 unspecified atom stereocenters. The molecule has 6 heteroatoms. The second-order valence-corrected chi connectivity index (χ2v) is 7.81. The molecule has 0 aromatic heterocycles. The van der Waals surface area contributed by atoms with E-state index in [0.29, 0.717) is 39.6 Å². The molecule has 0 radical (unpaired) electrons. The largest absolute Gasteiger partial charge is 0.379 e. The number of ether oxygens (including phenoxy) is 4. The Kier molecular flexibility index (Phi) is 20.5. The quantitative estimate of drug-likeness (QED) is 0.295. The van der Waals surface area contributed by atoms with Gasteiger partial charge >= 0.3 is 0 Å². The van der Waals surface area contributed by atoms with Gasteiger partial charge in [0.2, 0.25) is 5.91 Å². The van der Waals surface area contributed by atoms with Crippen LogP contribution in [0.15, 0.2) is 0 Å². The Morgan fingerprint density at radius 3 is 1.89 bits per heavy atom. The highest BCUT2D eigenvalue weighted by atomic mass is 16.6. The first-order chi connectivity index (χ1) is 13.6. The van der Waals surface area contributed by atoms with Crippen molar-refractivity contribution in [3.8, 4) is 0 Å². The normalized spacial score (nSPS) is 12.5. The Bertz CT molecular complexity index is 339. The van der Waals surface area contributed by atoms with Crippen molar-refractivity contribution in [2.75, 3.05) is 59.4 Å². The zero-order valence-electron chi connectivity index (χ0n) is 18.8. The van der Waals surface area contributed by atoms with Gasteiger partial charge < -0.3 is 24.3 Å². The maximum Gasteiger partial charge on any atom is 0.245 e. The predicted molar refractivity (Wildman–Crippen MR) is 114 cm³/mol. The van der Waals surface area contributed by atoms with Gasteiger partial charge in [-0.1, -0.05) is 40.5 Å². The summed E-state index contributed by atoms with van der Waals surface area (Å²) >= 11 is 0. The zero-order chi connectivity index (χ0) is 20.9. The Labute approximate surface area is 173 Å². The van der Waals surface area contributed by atoms with Crippen LogP contribution in [0.5, 0.6) is 0 Å². The number of rotatable bonds is 21. The summed E-state index contributed by atoms with van der Waals surface area (Å²) in [6.45, 7) is 13.7. The second-order valence-electron chi connectivity index (χ2n) is 7.81. The first kappa shape index (κ1) is 27.3. The van der Waals surface area contributed by atoms with Crippen LogP contribution in [-0.4, -0.2) is 65.3 Å². The molecule has 0 aliphatic carbocycles. The van der Waals surface area contributed by atoms with Crippen LogP contribution in [0, 0.1) is 11.8 Å². The molecule has 0 rings (SSSR count). The molecule has 1 N–H and O–H groups in total. The van der Waals surface area contributed by atoms with Crippen LogP contribution < -0.4 is 5.32 Å². The van der Waals surface area contributed by atoms with Gasteiger partial charge in [0.15, 0.2) is 0 Å². The van der Waals surface area contributed by atoms with E-state index in [1.165, 1.54) is 19.3 Å². The fraction of sp³-hybridized carbons (Fsp3) is 0.955. The standard InChI is InChI=1S/C22H45NO5/c1-5-8-21(4)10-6-11-23-22(24)19-28-18-17-27-16-15-26-14-13-25-12-7-9-20(2)3/h20-21H,5-19H2,1-4H3,(H,23,24). The molecule has 6 nitrogen and oxygen atoms in total. The minimum absolute atomic E-state index is 0.0557. The van der Waals surface area contributed by atoms with Crippen LogP contribution in [0.25, 0.3) is 0 Å². The van der Waals surface area contributed by atoms with Gasteiger partial charge in [-0.05, 0) is 37.5 Å². The number of carbonyl (C=O) groups excluding carboxylic acids is 1. The summed E-state index contributed by atoms with van der Waals surface area (Å²) in [7, 11) is 0. The molecule has 0 saturated heterocycles. The van der Waals surface area contributed by atoms with Crippen LogP contribution in [0.1, 0.15) is 66.2 Å². The van der Waals surface area contributed by atoms with Gasteiger partial charge in [-0.25, -0.2) is 0 Å².